The maximum absolute atomic E-state index is 12.7. The molecule has 0 unspecified atom stereocenters. The van der Waals surface area contributed by atoms with Crippen molar-refractivity contribution < 1.29 is 4.79 Å². The molecule has 3 aliphatic rings. The summed E-state index contributed by atoms with van der Waals surface area (Å²) in [6.45, 7) is 6.76. The van der Waals surface area contributed by atoms with E-state index in [1.54, 1.807) is 12.4 Å². The van der Waals surface area contributed by atoms with Gasteiger partial charge >= 0.3 is 0 Å². The van der Waals surface area contributed by atoms with Gasteiger partial charge in [-0.1, -0.05) is 0 Å². The van der Waals surface area contributed by atoms with Crippen LogP contribution in [0, 0.1) is 5.92 Å². The summed E-state index contributed by atoms with van der Waals surface area (Å²) >= 11 is 0. The largest absolute Gasteiger partial charge is 0.347 e. The minimum Gasteiger partial charge on any atom is -0.347 e. The van der Waals surface area contributed by atoms with Crippen molar-refractivity contribution in [2.75, 3.05) is 13.1 Å². The lowest BCUT2D eigenvalue weighted by molar-refractivity contribution is -0.0377. The van der Waals surface area contributed by atoms with Gasteiger partial charge in [-0.05, 0) is 57.8 Å². The number of carbonyl (C=O) groups is 1. The van der Waals surface area contributed by atoms with E-state index in [1.807, 2.05) is 12.1 Å². The third-order valence-corrected chi connectivity index (χ3v) is 5.42. The van der Waals surface area contributed by atoms with Gasteiger partial charge < -0.3 is 5.32 Å². The van der Waals surface area contributed by atoms with Crippen molar-refractivity contribution in [1.82, 2.24) is 25.0 Å². The summed E-state index contributed by atoms with van der Waals surface area (Å²) in [5.74, 6) is 0.527. The molecule has 0 radical (unpaired) electrons. The predicted molar refractivity (Wildman–Crippen MR) is 89.9 cm³/mol. The SMILES string of the molecule is CC1(C)[C@H](NC(=O)c2cnn3ncccc23)C2CCN1CC2.Cl. The molecule has 2 aromatic heterocycles. The number of hydrogen-bond acceptors (Lipinski definition) is 4. The standard InChI is InChI=1S/C16H21N5O.ClH/c1-16(2)14(11-5-8-20(16)9-6-11)19-15(22)12-10-18-21-13(12)4-3-7-17-21;/h3-4,7,10-11,14H,5-6,8-9H2,1-2H3,(H,19,22);1H/t14-;/m1./s1. The molecule has 2 aromatic rings. The molecule has 6 nitrogen and oxygen atoms in total. The minimum absolute atomic E-state index is 0. The first-order chi connectivity index (χ1) is 10.6. The average molecular weight is 336 g/mol. The number of amides is 1. The van der Waals surface area contributed by atoms with Gasteiger partial charge in [0.1, 0.15) is 5.52 Å². The van der Waals surface area contributed by atoms with Gasteiger partial charge in [0.2, 0.25) is 0 Å². The second kappa shape index (κ2) is 5.76. The Morgan fingerprint density at radius 3 is 2.74 bits per heavy atom. The zero-order chi connectivity index (χ0) is 15.3. The van der Waals surface area contributed by atoms with E-state index in [4.69, 9.17) is 0 Å². The molecule has 2 bridgehead atoms. The maximum Gasteiger partial charge on any atom is 0.255 e. The van der Waals surface area contributed by atoms with Crippen LogP contribution in [0.25, 0.3) is 5.52 Å². The van der Waals surface area contributed by atoms with E-state index in [2.05, 4.69) is 34.3 Å². The second-order valence-corrected chi connectivity index (χ2v) is 6.89. The fourth-order valence-corrected chi connectivity index (χ4v) is 4.10. The highest BCUT2D eigenvalue weighted by Crippen LogP contribution is 2.39. The molecule has 1 atom stereocenters. The van der Waals surface area contributed by atoms with Gasteiger partial charge in [0.05, 0.1) is 11.8 Å². The number of piperidine rings is 3. The summed E-state index contributed by atoms with van der Waals surface area (Å²) in [6.07, 6.45) is 5.61. The van der Waals surface area contributed by atoms with Gasteiger partial charge in [0.25, 0.3) is 5.91 Å². The number of rotatable bonds is 2. The molecule has 0 aliphatic carbocycles. The normalized spacial score (nSPS) is 28.3. The lowest BCUT2D eigenvalue weighted by Gasteiger charge is -2.56. The van der Waals surface area contributed by atoms with E-state index in [-0.39, 0.29) is 29.9 Å². The second-order valence-electron chi connectivity index (χ2n) is 6.89. The fourth-order valence-electron chi connectivity index (χ4n) is 4.10. The van der Waals surface area contributed by atoms with Crippen molar-refractivity contribution >= 4 is 23.8 Å². The first-order valence-corrected chi connectivity index (χ1v) is 7.92. The van der Waals surface area contributed by atoms with Crippen LogP contribution in [-0.4, -0.2) is 50.3 Å². The van der Waals surface area contributed by atoms with Crippen LogP contribution in [0.2, 0.25) is 0 Å². The average Bonchev–Trinajstić information content (AvgIpc) is 2.95. The number of hydrogen-bond donors (Lipinski definition) is 1. The fraction of sp³-hybridized carbons (Fsp3) is 0.562. The minimum atomic E-state index is -0.0465. The zero-order valence-corrected chi connectivity index (χ0v) is 14.2. The van der Waals surface area contributed by atoms with Gasteiger partial charge in [-0.25, -0.2) is 0 Å². The summed E-state index contributed by atoms with van der Waals surface area (Å²) in [6, 6.07) is 3.89. The zero-order valence-electron chi connectivity index (χ0n) is 13.4. The summed E-state index contributed by atoms with van der Waals surface area (Å²) in [5.41, 5.74) is 1.36. The first kappa shape index (κ1) is 16.2. The van der Waals surface area contributed by atoms with Crippen molar-refractivity contribution in [1.29, 1.82) is 0 Å². The number of halogens is 1. The molecule has 3 fully saturated rings. The summed E-state index contributed by atoms with van der Waals surface area (Å²) in [4.78, 5) is 15.2. The van der Waals surface area contributed by atoms with Crippen LogP contribution >= 0.6 is 12.4 Å². The van der Waals surface area contributed by atoms with E-state index >= 15 is 0 Å². The van der Waals surface area contributed by atoms with Gasteiger partial charge in [0.15, 0.2) is 0 Å². The predicted octanol–water partition coefficient (Wildman–Crippen LogP) is 1.75. The Bertz CT molecular complexity index is 720. The van der Waals surface area contributed by atoms with Crippen molar-refractivity contribution in [2.45, 2.75) is 38.3 Å². The molecule has 7 heteroatoms. The Morgan fingerprint density at radius 1 is 1.30 bits per heavy atom. The van der Waals surface area contributed by atoms with Crippen LogP contribution in [-0.2, 0) is 0 Å². The topological polar surface area (TPSA) is 62.5 Å². The maximum atomic E-state index is 12.7. The van der Waals surface area contributed by atoms with Gasteiger partial charge in [-0.3, -0.25) is 9.69 Å². The van der Waals surface area contributed by atoms with Crippen LogP contribution < -0.4 is 5.32 Å². The van der Waals surface area contributed by atoms with Crippen molar-refractivity contribution in [2.24, 2.45) is 5.92 Å². The summed E-state index contributed by atoms with van der Waals surface area (Å²) in [7, 11) is 0. The molecule has 0 spiro atoms. The van der Waals surface area contributed by atoms with E-state index < -0.39 is 0 Å². The van der Waals surface area contributed by atoms with E-state index in [0.29, 0.717) is 11.5 Å². The molecular weight excluding hydrogens is 314 g/mol. The Labute approximate surface area is 141 Å². The Balaban J connectivity index is 0.00000156. The number of carbonyl (C=O) groups excluding carboxylic acids is 1. The lowest BCUT2D eigenvalue weighted by atomic mass is 9.72. The number of nitrogens with zero attached hydrogens (tertiary/aromatic N) is 4. The molecule has 0 saturated carbocycles. The van der Waals surface area contributed by atoms with Crippen LogP contribution in [0.5, 0.6) is 0 Å². The Kier molecular flexibility index (Phi) is 4.06. The highest BCUT2D eigenvalue weighted by molar-refractivity contribution is 6.00. The molecule has 23 heavy (non-hydrogen) atoms. The van der Waals surface area contributed by atoms with E-state index in [9.17, 15) is 4.79 Å². The van der Waals surface area contributed by atoms with Gasteiger partial charge in [0, 0.05) is 17.8 Å². The van der Waals surface area contributed by atoms with Crippen molar-refractivity contribution in [3.05, 3.63) is 30.1 Å². The number of fused-ring (bicyclic) bond motifs is 4. The third-order valence-electron chi connectivity index (χ3n) is 5.42. The van der Waals surface area contributed by atoms with Crippen LogP contribution in [0.1, 0.15) is 37.0 Å². The van der Waals surface area contributed by atoms with Gasteiger partial charge in [-0.15, -0.1) is 12.4 Å². The first-order valence-electron chi connectivity index (χ1n) is 7.92. The Hall–Kier alpha value is -1.66. The molecule has 3 aliphatic heterocycles. The van der Waals surface area contributed by atoms with E-state index in [0.717, 1.165) is 18.6 Å². The molecule has 124 valence electrons. The highest BCUT2D eigenvalue weighted by Gasteiger charge is 2.48. The van der Waals surface area contributed by atoms with Gasteiger partial charge in [-0.2, -0.15) is 14.8 Å². The number of aromatic nitrogens is 3. The van der Waals surface area contributed by atoms with Crippen LogP contribution in [0.3, 0.4) is 0 Å². The molecule has 5 heterocycles. The molecular formula is C16H22ClN5O. The van der Waals surface area contributed by atoms with Crippen LogP contribution in [0.4, 0.5) is 0 Å². The molecule has 1 N–H and O–H groups in total. The lowest BCUT2D eigenvalue weighted by Crippen LogP contribution is -2.69. The van der Waals surface area contributed by atoms with Crippen molar-refractivity contribution in [3.63, 3.8) is 0 Å². The Morgan fingerprint density at radius 2 is 2.04 bits per heavy atom. The highest BCUT2D eigenvalue weighted by atomic mass is 35.5. The van der Waals surface area contributed by atoms with E-state index in [1.165, 1.54) is 17.5 Å². The third kappa shape index (κ3) is 2.50. The smallest absolute Gasteiger partial charge is 0.255 e. The van der Waals surface area contributed by atoms with Crippen molar-refractivity contribution in [3.8, 4) is 0 Å². The number of nitrogens with one attached hydrogen (secondary N) is 1. The molecule has 5 rings (SSSR count). The quantitative estimate of drug-likeness (QED) is 0.908. The molecule has 3 saturated heterocycles. The molecule has 0 aromatic carbocycles. The van der Waals surface area contributed by atoms with Crippen LogP contribution in [0.15, 0.2) is 24.5 Å². The monoisotopic (exact) mass is 335 g/mol. The molecule has 1 amide bonds. The summed E-state index contributed by atoms with van der Waals surface area (Å²) < 4.78 is 1.50. The summed E-state index contributed by atoms with van der Waals surface area (Å²) in [5, 5.41) is 11.5.